The molecule has 8 nitrogen and oxygen atoms in total. The van der Waals surface area contributed by atoms with Gasteiger partial charge in [-0.05, 0) is 13.5 Å². The fourth-order valence-electron chi connectivity index (χ4n) is 3.49. The molecule has 0 aliphatic carbocycles. The molecule has 0 radical (unpaired) electrons. The number of carbonyl (C=O) groups excluding carboxylic acids is 1. The van der Waals surface area contributed by atoms with E-state index in [2.05, 4.69) is 9.97 Å². The van der Waals surface area contributed by atoms with Crippen LogP contribution in [-0.4, -0.2) is 83.9 Å². The van der Waals surface area contributed by atoms with Crippen LogP contribution in [0, 0.1) is 5.82 Å². The van der Waals surface area contributed by atoms with Crippen molar-refractivity contribution in [1.29, 1.82) is 0 Å². The Bertz CT molecular complexity index is 616. The van der Waals surface area contributed by atoms with Gasteiger partial charge in [-0.2, -0.15) is 0 Å². The van der Waals surface area contributed by atoms with Gasteiger partial charge in [0.15, 0.2) is 5.82 Å². The third kappa shape index (κ3) is 2.72. The number of hydroxylamine groups is 2. The molecule has 1 atom stereocenters. The number of rotatable bonds is 2. The van der Waals surface area contributed by atoms with E-state index in [-0.39, 0.29) is 17.6 Å². The molecule has 3 aliphatic heterocycles. The van der Waals surface area contributed by atoms with Gasteiger partial charge in [-0.25, -0.2) is 19.4 Å². The quantitative estimate of drug-likeness (QED) is 0.732. The minimum Gasteiger partial charge on any atom is -0.368 e. The van der Waals surface area contributed by atoms with E-state index in [0.717, 1.165) is 18.8 Å². The average molecular weight is 337 g/mol. The Morgan fingerprint density at radius 2 is 2.08 bits per heavy atom. The van der Waals surface area contributed by atoms with Gasteiger partial charge >= 0.3 is 0 Å². The van der Waals surface area contributed by atoms with E-state index in [4.69, 9.17) is 9.57 Å². The highest BCUT2D eigenvalue weighted by molar-refractivity contribution is 5.81. The molecule has 0 N–H and O–H groups in total. The maximum atomic E-state index is 12.9. The van der Waals surface area contributed by atoms with Crippen LogP contribution >= 0.6 is 0 Å². The van der Waals surface area contributed by atoms with Crippen LogP contribution in [0.1, 0.15) is 6.42 Å². The van der Waals surface area contributed by atoms with Crippen molar-refractivity contribution >= 4 is 11.9 Å². The molecule has 1 amide bonds. The molecule has 1 aromatic rings. The van der Waals surface area contributed by atoms with Crippen LogP contribution in [0.25, 0.3) is 0 Å². The van der Waals surface area contributed by atoms with Crippen LogP contribution in [-0.2, 0) is 14.4 Å². The molecule has 0 aromatic carbocycles. The van der Waals surface area contributed by atoms with Crippen LogP contribution in [0.4, 0.5) is 10.3 Å². The average Bonchev–Trinajstić information content (AvgIpc) is 3.07. The molecule has 3 saturated heterocycles. The molecule has 1 spiro atoms. The molecule has 1 aromatic heterocycles. The lowest BCUT2D eigenvalue weighted by Crippen LogP contribution is -2.72. The van der Waals surface area contributed by atoms with Crippen molar-refractivity contribution in [2.45, 2.75) is 18.1 Å². The van der Waals surface area contributed by atoms with Gasteiger partial charge in [0.2, 0.25) is 5.95 Å². The highest BCUT2D eigenvalue weighted by Gasteiger charge is 2.51. The van der Waals surface area contributed by atoms with E-state index in [1.165, 1.54) is 5.06 Å². The van der Waals surface area contributed by atoms with E-state index in [0.29, 0.717) is 45.3 Å². The topological polar surface area (TPSA) is 71.0 Å². The summed E-state index contributed by atoms with van der Waals surface area (Å²) in [5, 5.41) is 1.45. The van der Waals surface area contributed by atoms with Gasteiger partial charge in [0.1, 0.15) is 11.6 Å². The van der Waals surface area contributed by atoms with Crippen molar-refractivity contribution in [3.8, 4) is 0 Å². The normalized spacial score (nSPS) is 26.7. The Morgan fingerprint density at radius 1 is 1.33 bits per heavy atom. The van der Waals surface area contributed by atoms with Crippen molar-refractivity contribution in [1.82, 2.24) is 19.9 Å². The van der Waals surface area contributed by atoms with Crippen LogP contribution in [0.5, 0.6) is 0 Å². The lowest BCUT2D eigenvalue weighted by molar-refractivity contribution is -0.191. The van der Waals surface area contributed by atoms with E-state index >= 15 is 0 Å². The second-order valence-electron chi connectivity index (χ2n) is 6.61. The zero-order valence-electron chi connectivity index (χ0n) is 13.5. The number of nitrogens with zero attached hydrogens (tertiary/aromatic N) is 5. The van der Waals surface area contributed by atoms with Gasteiger partial charge in [-0.1, -0.05) is 0 Å². The first kappa shape index (κ1) is 15.7. The number of ether oxygens (including phenoxy) is 1. The fourth-order valence-corrected chi connectivity index (χ4v) is 3.49. The number of morpholine rings is 1. The zero-order chi connectivity index (χ0) is 16.7. The summed E-state index contributed by atoms with van der Waals surface area (Å²) < 4.78 is 18.9. The molecule has 130 valence electrons. The van der Waals surface area contributed by atoms with Crippen molar-refractivity contribution in [2.24, 2.45) is 0 Å². The van der Waals surface area contributed by atoms with E-state index in [1.54, 1.807) is 0 Å². The summed E-state index contributed by atoms with van der Waals surface area (Å²) in [5.74, 6) is 0.00737. The molecule has 4 rings (SSSR count). The number of likely N-dealkylation sites (N-methyl/N-ethyl adjacent to an activating group) is 1. The molecule has 24 heavy (non-hydrogen) atoms. The molecule has 4 heterocycles. The molecule has 9 heteroatoms. The minimum absolute atomic E-state index is 0.0390. The van der Waals surface area contributed by atoms with Gasteiger partial charge in [0.05, 0.1) is 45.2 Å². The van der Waals surface area contributed by atoms with E-state index < -0.39 is 5.82 Å². The largest absolute Gasteiger partial charge is 0.368 e. The maximum Gasteiger partial charge on any atom is 0.265 e. The monoisotopic (exact) mass is 337 g/mol. The Kier molecular flexibility index (Phi) is 3.86. The van der Waals surface area contributed by atoms with E-state index in [9.17, 15) is 9.18 Å². The van der Waals surface area contributed by atoms with Crippen LogP contribution < -0.4 is 4.90 Å². The summed E-state index contributed by atoms with van der Waals surface area (Å²) in [6.45, 7) is 3.49. The third-order valence-corrected chi connectivity index (χ3v) is 4.75. The van der Waals surface area contributed by atoms with Crippen molar-refractivity contribution in [3.05, 3.63) is 18.2 Å². The predicted molar refractivity (Wildman–Crippen MR) is 81.6 cm³/mol. The SMILES string of the molecule is CN1CC2(CN(c3ncc(F)cn3)C2)OC[C@H]1C(=O)N1CCCO1. The van der Waals surface area contributed by atoms with Crippen LogP contribution in [0.2, 0.25) is 0 Å². The molecule has 0 bridgehead atoms. The van der Waals surface area contributed by atoms with Gasteiger partial charge in [0, 0.05) is 6.54 Å². The van der Waals surface area contributed by atoms with E-state index in [1.807, 2.05) is 16.8 Å². The fraction of sp³-hybridized carbons (Fsp3) is 0.667. The van der Waals surface area contributed by atoms with Gasteiger partial charge in [0.25, 0.3) is 5.91 Å². The number of amides is 1. The summed E-state index contributed by atoms with van der Waals surface area (Å²) in [5.41, 5.74) is -0.324. The first-order chi connectivity index (χ1) is 11.6. The summed E-state index contributed by atoms with van der Waals surface area (Å²) in [6, 6.07) is -0.315. The molecule has 0 unspecified atom stereocenters. The number of aromatic nitrogens is 2. The van der Waals surface area contributed by atoms with Crippen LogP contribution in [0.3, 0.4) is 0 Å². The minimum atomic E-state index is -0.451. The predicted octanol–water partition coefficient (Wildman–Crippen LogP) is -0.331. The maximum absolute atomic E-state index is 12.9. The lowest BCUT2D eigenvalue weighted by atomic mass is 9.91. The zero-order valence-corrected chi connectivity index (χ0v) is 13.5. The molecule has 0 saturated carbocycles. The van der Waals surface area contributed by atoms with Crippen molar-refractivity contribution < 1.29 is 18.8 Å². The number of anilines is 1. The molecular formula is C15H20FN5O3. The standard InChI is InChI=1S/C15H20FN5O3/c1-19-8-15(9-20(10-15)14-17-5-11(16)6-18-14)23-7-12(19)13(22)21-3-2-4-24-21/h5-6,12H,2-4,7-10H2,1H3/t12-/m0/s1. The van der Waals surface area contributed by atoms with Crippen molar-refractivity contribution in [3.63, 3.8) is 0 Å². The van der Waals surface area contributed by atoms with Gasteiger partial charge < -0.3 is 9.64 Å². The summed E-state index contributed by atoms with van der Waals surface area (Å²) in [4.78, 5) is 29.7. The molecule has 3 fully saturated rings. The smallest absolute Gasteiger partial charge is 0.265 e. The summed E-state index contributed by atoms with van der Waals surface area (Å²) in [7, 11) is 1.93. The number of hydrogen-bond acceptors (Lipinski definition) is 7. The Balaban J connectivity index is 1.35. The summed E-state index contributed by atoms with van der Waals surface area (Å²) in [6.07, 6.45) is 3.19. The van der Waals surface area contributed by atoms with Crippen molar-refractivity contribution in [2.75, 3.05) is 51.3 Å². The Hall–Kier alpha value is -1.84. The number of carbonyl (C=O) groups is 1. The number of hydrogen-bond donors (Lipinski definition) is 0. The lowest BCUT2D eigenvalue weighted by Gasteiger charge is -2.54. The third-order valence-electron chi connectivity index (χ3n) is 4.75. The Morgan fingerprint density at radius 3 is 2.71 bits per heavy atom. The van der Waals surface area contributed by atoms with Gasteiger partial charge in [-0.3, -0.25) is 14.5 Å². The Labute approximate surface area is 139 Å². The second kappa shape index (κ2) is 5.91. The highest BCUT2D eigenvalue weighted by Crippen LogP contribution is 2.33. The van der Waals surface area contributed by atoms with Crippen LogP contribution in [0.15, 0.2) is 12.4 Å². The second-order valence-corrected chi connectivity index (χ2v) is 6.61. The first-order valence-electron chi connectivity index (χ1n) is 8.07. The van der Waals surface area contributed by atoms with Gasteiger partial charge in [-0.15, -0.1) is 0 Å². The molecular weight excluding hydrogens is 317 g/mol. The first-order valence-corrected chi connectivity index (χ1v) is 8.07. The molecule has 3 aliphatic rings. The number of halogens is 1. The highest BCUT2D eigenvalue weighted by atomic mass is 19.1. The summed E-state index contributed by atoms with van der Waals surface area (Å²) >= 11 is 0.